The predicted octanol–water partition coefficient (Wildman–Crippen LogP) is 13.2. The number of rotatable bonds is 6. The van der Waals surface area contributed by atoms with E-state index in [0.29, 0.717) is 17.9 Å². The number of fused-ring (bicyclic) bond motifs is 2. The highest BCUT2D eigenvalue weighted by Crippen LogP contribution is 2.43. The topological polar surface area (TPSA) is 40.5 Å². The van der Waals surface area contributed by atoms with Crippen molar-refractivity contribution in [1.29, 1.82) is 0 Å². The number of hydrogen-bond acceptors (Lipinski definition) is 3. The molecule has 0 aliphatic heterocycles. The maximum atomic E-state index is 11.8. The number of benzene rings is 7. The summed E-state index contributed by atoms with van der Waals surface area (Å²) in [6.07, 6.45) is 0.412. The van der Waals surface area contributed by atoms with Gasteiger partial charge >= 0.3 is 0 Å². The van der Waals surface area contributed by atoms with Crippen LogP contribution in [-0.2, 0) is 23.0 Å². The second-order valence-electron chi connectivity index (χ2n) is 15.9. The van der Waals surface area contributed by atoms with E-state index < -0.39 is 0 Å². The van der Waals surface area contributed by atoms with Crippen LogP contribution in [0.1, 0.15) is 69.4 Å². The first-order chi connectivity index (χ1) is 25.4. The molecular weight excluding hydrogens is 665 g/mol. The van der Waals surface area contributed by atoms with Gasteiger partial charge in [-0.2, -0.15) is 0 Å². The number of thioether (sulfide) groups is 1. The van der Waals surface area contributed by atoms with E-state index in [1.165, 1.54) is 5.56 Å². The van der Waals surface area contributed by atoms with Crippen molar-refractivity contribution in [3.8, 4) is 45.6 Å². The second-order valence-corrected chi connectivity index (χ2v) is 16.9. The van der Waals surface area contributed by atoms with Gasteiger partial charge in [0.1, 0.15) is 11.5 Å². The normalized spacial score (nSPS) is 11.8. The molecule has 3 heteroatoms. The third kappa shape index (κ3) is 7.57. The Kier molecular flexibility index (Phi) is 9.86. The minimum absolute atomic E-state index is 0.0981. The lowest BCUT2D eigenvalue weighted by molar-refractivity contribution is 0.470. The average Bonchev–Trinajstić information content (AvgIpc) is 3.14. The van der Waals surface area contributed by atoms with E-state index in [1.807, 2.05) is 24.3 Å². The van der Waals surface area contributed by atoms with Crippen molar-refractivity contribution in [2.75, 3.05) is 0 Å². The van der Waals surface area contributed by atoms with Gasteiger partial charge in [-0.25, -0.2) is 0 Å². The van der Waals surface area contributed by atoms with Crippen LogP contribution in [0.5, 0.6) is 11.5 Å². The summed E-state index contributed by atoms with van der Waals surface area (Å²) in [5.74, 6) is 8.04. The first kappa shape index (κ1) is 36.0. The van der Waals surface area contributed by atoms with Crippen molar-refractivity contribution in [2.24, 2.45) is 0 Å². The van der Waals surface area contributed by atoms with Crippen molar-refractivity contribution >= 4 is 33.3 Å². The molecule has 0 heterocycles. The molecule has 0 radical (unpaired) electrons. The van der Waals surface area contributed by atoms with E-state index in [0.717, 1.165) is 70.9 Å². The number of phenols is 2. The zero-order chi connectivity index (χ0) is 37.3. The van der Waals surface area contributed by atoms with E-state index in [1.54, 1.807) is 11.8 Å². The Hall–Kier alpha value is -5.43. The molecule has 53 heavy (non-hydrogen) atoms. The lowest BCUT2D eigenvalue weighted by atomic mass is 9.83. The highest BCUT2D eigenvalue weighted by atomic mass is 32.2. The lowest BCUT2D eigenvalue weighted by Gasteiger charge is -2.23. The molecular formula is C50H46O2S. The molecule has 0 saturated heterocycles. The first-order valence-corrected chi connectivity index (χ1v) is 19.3. The molecule has 0 amide bonds. The summed E-state index contributed by atoms with van der Waals surface area (Å²) in [4.78, 5) is 1.05. The van der Waals surface area contributed by atoms with Crippen molar-refractivity contribution in [3.05, 3.63) is 161 Å². The van der Waals surface area contributed by atoms with Gasteiger partial charge in [-0.1, -0.05) is 163 Å². The quantitative estimate of drug-likeness (QED) is 0.133. The monoisotopic (exact) mass is 710 g/mol. The maximum Gasteiger partial charge on any atom is 0.127 e. The Morgan fingerprint density at radius 3 is 1.55 bits per heavy atom. The zero-order valence-electron chi connectivity index (χ0n) is 31.4. The van der Waals surface area contributed by atoms with Gasteiger partial charge in [-0.3, -0.25) is 0 Å². The third-order valence-corrected chi connectivity index (χ3v) is 11.2. The Morgan fingerprint density at radius 2 is 0.981 bits per heavy atom. The van der Waals surface area contributed by atoms with Crippen LogP contribution in [0, 0.1) is 11.8 Å². The fraction of sp³-hybridized carbons (Fsp3) is 0.200. The van der Waals surface area contributed by atoms with Gasteiger partial charge in [-0.15, -0.1) is 11.8 Å². The molecule has 0 aliphatic carbocycles. The van der Waals surface area contributed by atoms with Gasteiger partial charge in [-0.05, 0) is 78.9 Å². The molecule has 0 atom stereocenters. The van der Waals surface area contributed by atoms with Crippen LogP contribution in [0.4, 0.5) is 0 Å². The largest absolute Gasteiger partial charge is 0.507 e. The van der Waals surface area contributed by atoms with E-state index in [4.69, 9.17) is 0 Å². The summed E-state index contributed by atoms with van der Waals surface area (Å²) >= 11 is 1.69. The molecule has 0 bridgehead atoms. The van der Waals surface area contributed by atoms with Crippen LogP contribution in [0.2, 0.25) is 0 Å². The molecule has 2 nitrogen and oxygen atoms in total. The molecule has 7 aromatic rings. The molecule has 2 N–H and O–H groups in total. The van der Waals surface area contributed by atoms with Crippen molar-refractivity contribution in [3.63, 3.8) is 0 Å². The molecule has 7 aromatic carbocycles. The fourth-order valence-corrected chi connectivity index (χ4v) is 7.90. The summed E-state index contributed by atoms with van der Waals surface area (Å²) in [6.45, 7) is 13.3. The molecule has 0 fully saturated rings. The first-order valence-electron chi connectivity index (χ1n) is 18.3. The maximum absolute atomic E-state index is 11.8. The Labute approximate surface area is 318 Å². The Morgan fingerprint density at radius 1 is 0.509 bits per heavy atom. The van der Waals surface area contributed by atoms with Gasteiger partial charge in [0.2, 0.25) is 0 Å². The molecule has 0 unspecified atom stereocenters. The van der Waals surface area contributed by atoms with Crippen molar-refractivity contribution in [2.45, 2.75) is 69.4 Å². The van der Waals surface area contributed by atoms with Crippen LogP contribution in [0.25, 0.3) is 43.8 Å². The van der Waals surface area contributed by atoms with Crippen LogP contribution in [0.3, 0.4) is 0 Å². The van der Waals surface area contributed by atoms with Crippen LogP contribution < -0.4 is 0 Å². The van der Waals surface area contributed by atoms with Gasteiger partial charge in [0.05, 0.1) is 0 Å². The molecule has 7 rings (SSSR count). The Balaban J connectivity index is 1.21. The molecule has 0 spiro atoms. The summed E-state index contributed by atoms with van der Waals surface area (Å²) in [5.41, 5.74) is 8.53. The summed E-state index contributed by atoms with van der Waals surface area (Å²) in [7, 11) is 0. The molecule has 0 aliphatic rings. The van der Waals surface area contributed by atoms with Crippen LogP contribution in [-0.4, -0.2) is 10.2 Å². The van der Waals surface area contributed by atoms with E-state index in [2.05, 4.69) is 163 Å². The molecule has 0 saturated carbocycles. The minimum atomic E-state index is -0.109. The number of hydrogen-bond donors (Lipinski definition) is 2. The average molecular weight is 711 g/mol. The zero-order valence-corrected chi connectivity index (χ0v) is 32.2. The fourth-order valence-electron chi connectivity index (χ4n) is 6.92. The van der Waals surface area contributed by atoms with E-state index in [-0.39, 0.29) is 16.6 Å². The SMILES string of the molecule is CC(C)(C)c1cc(CC#Cc2ccccc2SCc2cc(C(C)(C)C)cc(-c3cccc4ccccc34)c2O)c(O)c(-c2cccc3ccccc23)c1. The van der Waals surface area contributed by atoms with Gasteiger partial charge < -0.3 is 10.2 Å². The van der Waals surface area contributed by atoms with Crippen LogP contribution in [0.15, 0.2) is 138 Å². The third-order valence-electron chi connectivity index (χ3n) is 10.0. The van der Waals surface area contributed by atoms with Crippen molar-refractivity contribution < 1.29 is 10.2 Å². The minimum Gasteiger partial charge on any atom is -0.507 e. The Bertz CT molecular complexity index is 2520. The smallest absolute Gasteiger partial charge is 0.127 e. The molecule has 264 valence electrons. The summed E-state index contributed by atoms with van der Waals surface area (Å²) in [6, 6.07) is 46.0. The van der Waals surface area contributed by atoms with Gasteiger partial charge in [0.15, 0.2) is 0 Å². The highest BCUT2D eigenvalue weighted by molar-refractivity contribution is 7.98. The van der Waals surface area contributed by atoms with Gasteiger partial charge in [0.25, 0.3) is 0 Å². The van der Waals surface area contributed by atoms with Gasteiger partial charge in [0, 0.05) is 44.9 Å². The number of phenolic OH excluding ortho intramolecular Hbond substituents is 2. The lowest BCUT2D eigenvalue weighted by Crippen LogP contribution is -2.12. The number of aromatic hydroxyl groups is 2. The second kappa shape index (κ2) is 14.5. The standard InChI is InChI=1S/C50H46O2S/c1-49(2,3)38-28-36(47(51)44(30-38)42-25-14-19-33-16-7-10-23-40(33)42)22-13-21-35-18-9-12-27-46(35)53-32-37-29-39(50(4,5)6)31-45(48(37)52)43-26-15-20-34-17-8-11-24-41(34)43/h7-12,14-20,23-31,51-52H,22,32H2,1-6H3. The predicted molar refractivity (Wildman–Crippen MR) is 226 cm³/mol. The molecule has 0 aromatic heterocycles. The van der Waals surface area contributed by atoms with Crippen molar-refractivity contribution in [1.82, 2.24) is 0 Å². The van der Waals surface area contributed by atoms with E-state index in [9.17, 15) is 10.2 Å². The summed E-state index contributed by atoms with van der Waals surface area (Å²) < 4.78 is 0. The van der Waals surface area contributed by atoms with E-state index >= 15 is 0 Å². The van der Waals surface area contributed by atoms with Crippen LogP contribution >= 0.6 is 11.8 Å². The highest BCUT2D eigenvalue weighted by Gasteiger charge is 2.22. The summed E-state index contributed by atoms with van der Waals surface area (Å²) in [5, 5.41) is 28.1.